The maximum atomic E-state index is 14.4. The fourth-order valence-electron chi connectivity index (χ4n) is 12.6. The first-order valence-corrected chi connectivity index (χ1v) is 42.6. The van der Waals surface area contributed by atoms with Crippen molar-refractivity contribution in [1.29, 1.82) is 0 Å². The Morgan fingerprint density at radius 3 is 1.79 bits per heavy atom. The number of nitrogens with one attached hydrogen (secondary N) is 12. The number of aromatic nitrogens is 3. The molecule has 34 nitrogen and oxygen atoms in total. The highest BCUT2D eigenvalue weighted by Gasteiger charge is 2.36. The van der Waals surface area contributed by atoms with Crippen LogP contribution in [-0.2, 0) is 81.8 Å². The molecule has 1 aliphatic rings. The normalized spacial score (nSPS) is 19.3. The van der Waals surface area contributed by atoms with Gasteiger partial charge in [0.05, 0.1) is 42.8 Å². The molecule has 0 aliphatic carbocycles. The Hall–Kier alpha value is -9.58. The number of aliphatic imine (C=N–C) groups is 1. The third-order valence-corrected chi connectivity index (χ3v) is 20.6. The van der Waals surface area contributed by atoms with E-state index in [9.17, 15) is 76.5 Å². The van der Waals surface area contributed by atoms with Crippen molar-refractivity contribution in [1.82, 2.24) is 68.1 Å². The number of amides is 11. The lowest BCUT2D eigenvalue weighted by Crippen LogP contribution is -2.62. The summed E-state index contributed by atoms with van der Waals surface area (Å²) in [4.78, 5) is 158. The Bertz CT molecular complexity index is 3730. The first-order chi connectivity index (χ1) is 54.8. The van der Waals surface area contributed by atoms with Crippen LogP contribution in [0, 0.1) is 11.8 Å². The van der Waals surface area contributed by atoms with Crippen LogP contribution in [0.5, 0.6) is 0 Å². The number of rotatable bonds is 41. The number of unbranched alkanes of at least 4 members (excludes halogenated alkanes) is 13. The molecule has 1 aliphatic heterocycles. The quantitative estimate of drug-likeness (QED) is 0.0131. The summed E-state index contributed by atoms with van der Waals surface area (Å²) >= 11 is 0. The molecule has 2 aromatic heterocycles. The molecule has 11 amide bonds. The topological polar surface area (TPSA) is 564 Å². The molecule has 23 N–H and O–H groups in total. The molecule has 2 aromatic carbocycles. The second-order valence-corrected chi connectivity index (χ2v) is 32.0. The monoisotopic (exact) mass is 1630 g/mol. The van der Waals surface area contributed by atoms with E-state index in [0.29, 0.717) is 42.5 Å². The molecule has 0 spiro atoms. The number of nitrogens with two attached hydrogens (primary N) is 4. The summed E-state index contributed by atoms with van der Waals surface area (Å²) in [6.07, 6.45) is 23.8. The molecule has 12 atom stereocenters. The zero-order valence-electron chi connectivity index (χ0n) is 68.2. The van der Waals surface area contributed by atoms with Crippen molar-refractivity contribution < 1.29 is 76.5 Å². The number of imidazole rings is 1. The average molecular weight is 1630 g/mol. The summed E-state index contributed by atoms with van der Waals surface area (Å²) in [5, 5.41) is 57.6. The zero-order chi connectivity index (χ0) is 85.3. The third kappa shape index (κ3) is 41.5. The molecule has 1 saturated heterocycles. The molecule has 5 rings (SSSR count). The first kappa shape index (κ1) is 99.6. The molecular formula is C80H132N18O16S. The Morgan fingerprint density at radius 1 is 0.643 bits per heavy atom. The van der Waals surface area contributed by atoms with E-state index in [1.165, 1.54) is 110 Å². The van der Waals surface area contributed by atoms with Crippen LogP contribution < -0.4 is 76.1 Å². The molecule has 0 saturated carbocycles. The summed E-state index contributed by atoms with van der Waals surface area (Å²) in [7, 11) is -2.13. The molecule has 3 heterocycles. The number of para-hydroxylation sites is 1. The van der Waals surface area contributed by atoms with Gasteiger partial charge in [0.15, 0.2) is 5.96 Å². The van der Waals surface area contributed by atoms with Crippen molar-refractivity contribution in [3.8, 4) is 0 Å². The Morgan fingerprint density at radius 2 is 1.22 bits per heavy atom. The highest BCUT2D eigenvalue weighted by atomic mass is 32.2. The number of aromatic amines is 2. The molecule has 0 bridgehead atoms. The number of aliphatic hydroxyl groups excluding tert-OH is 3. The molecule has 1 unspecified atom stereocenters. The van der Waals surface area contributed by atoms with Crippen molar-refractivity contribution in [2.45, 2.75) is 275 Å². The zero-order valence-corrected chi connectivity index (χ0v) is 69.1. The minimum Gasteiger partial charge on any atom is -0.396 e. The number of hydrogen-bond acceptors (Lipinski definition) is 19. The van der Waals surface area contributed by atoms with Gasteiger partial charge in [-0.1, -0.05) is 166 Å². The van der Waals surface area contributed by atoms with Crippen molar-refractivity contribution in [2.75, 3.05) is 38.8 Å². The third-order valence-electron chi connectivity index (χ3n) is 19.6. The van der Waals surface area contributed by atoms with Crippen molar-refractivity contribution >= 4 is 91.7 Å². The van der Waals surface area contributed by atoms with Crippen LogP contribution in [0.25, 0.3) is 10.9 Å². The maximum absolute atomic E-state index is 14.4. The molecule has 0 radical (unpaired) electrons. The molecule has 35 heteroatoms. The smallest absolute Gasteiger partial charge is 0.243 e. The van der Waals surface area contributed by atoms with Crippen LogP contribution in [0.1, 0.15) is 212 Å². The van der Waals surface area contributed by atoms with Crippen LogP contribution >= 0.6 is 0 Å². The van der Waals surface area contributed by atoms with Gasteiger partial charge in [-0.05, 0) is 81.9 Å². The number of benzene rings is 2. The number of guanidine groups is 1. The van der Waals surface area contributed by atoms with Crippen LogP contribution in [0.2, 0.25) is 0 Å². The summed E-state index contributed by atoms with van der Waals surface area (Å²) < 4.78 is 24.5. The number of carbonyl (C=O) groups is 11. The SMILES string of the molecule is CCCCCCCCCCCCCCCC(N)=O.CCCC[C@H](N[C@@H](O)[C@@H](NC(=O)[C@H](Cc1cnc[nH]1)NC(=O)[C@@H](C)CO)C(C)O)C(=O)NC.C[C@H]1CCC(=O)NCCCC[C@@H](C(N)=O)NC(=O)[C@H](Cc2c[nH]c3ccccc23)NC(=O)[C@H](CCCN=C(N)N)NC(=O)[C@@H](Cc2ccccc2)NC(=O)[C@H](CCS(C)(=O)=O)NC1=O. The van der Waals surface area contributed by atoms with Crippen LogP contribution in [0.15, 0.2) is 78.3 Å². The van der Waals surface area contributed by atoms with Gasteiger partial charge in [-0.15, -0.1) is 0 Å². The molecule has 1 fully saturated rings. The van der Waals surface area contributed by atoms with Crippen molar-refractivity contribution in [3.05, 3.63) is 90.1 Å². The van der Waals surface area contributed by atoms with Crippen molar-refractivity contribution in [3.63, 3.8) is 0 Å². The number of likely N-dealkylation sites (N-methyl/N-ethyl adjacent to an activating group) is 1. The summed E-state index contributed by atoms with van der Waals surface area (Å²) in [5.74, 6) is -8.75. The highest BCUT2D eigenvalue weighted by Crippen LogP contribution is 2.21. The fraction of sp³-hybridized carbons (Fsp3) is 0.637. The number of sulfone groups is 1. The molecule has 4 aromatic rings. The van der Waals surface area contributed by atoms with Gasteiger partial charge in [-0.3, -0.25) is 63.0 Å². The number of fused-ring (bicyclic) bond motifs is 1. The molecule has 115 heavy (non-hydrogen) atoms. The van der Waals surface area contributed by atoms with Gasteiger partial charge in [-0.2, -0.15) is 0 Å². The van der Waals surface area contributed by atoms with E-state index in [1.54, 1.807) is 43.5 Å². The predicted octanol–water partition coefficient (Wildman–Crippen LogP) is 2.16. The van der Waals surface area contributed by atoms with Gasteiger partial charge in [0.1, 0.15) is 52.3 Å². The Balaban J connectivity index is 0.000000553. The summed E-state index contributed by atoms with van der Waals surface area (Å²) in [6.45, 7) is 8.63. The lowest BCUT2D eigenvalue weighted by Gasteiger charge is -2.31. The summed E-state index contributed by atoms with van der Waals surface area (Å²) in [6, 6.07) is 6.55. The highest BCUT2D eigenvalue weighted by molar-refractivity contribution is 7.90. The average Bonchev–Trinajstić information content (AvgIpc) is 1.68. The van der Waals surface area contributed by atoms with Crippen LogP contribution in [0.3, 0.4) is 0 Å². The Kier molecular flexibility index (Phi) is 48.4. The van der Waals surface area contributed by atoms with E-state index < -0.39 is 135 Å². The van der Waals surface area contributed by atoms with Gasteiger partial charge in [0.25, 0.3) is 0 Å². The maximum Gasteiger partial charge on any atom is 0.243 e. The number of carbonyl (C=O) groups excluding carboxylic acids is 11. The number of primary amides is 2. The van der Waals surface area contributed by atoms with Gasteiger partial charge in [0.2, 0.25) is 65.0 Å². The van der Waals surface area contributed by atoms with E-state index in [-0.39, 0.29) is 101 Å². The van der Waals surface area contributed by atoms with E-state index in [2.05, 4.69) is 80.0 Å². The van der Waals surface area contributed by atoms with E-state index in [1.807, 2.05) is 31.2 Å². The lowest BCUT2D eigenvalue weighted by atomic mass is 10.0. The standard InChI is InChI=1S/C43H61N11O9S.C21H38N6O6.C16H33NO/c1-26-17-18-36(55)47-20-9-8-15-31(37(44)56)50-42(61)35(24-28-25-49-30-14-7-6-13-29(28)30)54-39(58)32(16-10-21-48-43(45)46)52-41(60)34(23-27-11-4-3-5-12-27)53-40(59)33(51-38(26)57)19-22-64(2,62)63;1-5-6-7-15(19(31)22-4)25-21(33)17(13(3)29)27-20(32)16(8-14-9-23-11-24-14)26-18(30)12(2)10-28;1-2-3-4-5-6-7-8-9-10-11-12-13-14-15-16(17)18/h3-7,11-14,25-26,31-35,49H,8-10,15-24H2,1-2H3,(H2,44,56)(H,47,55)(H,50,61)(H,51,57)(H,52,60)(H,53,59)(H,54,58)(H4,45,46,48);9,11-13,15-17,21,25,28-29,33H,5-8,10H2,1-4H3,(H,22,31)(H,23,24)(H,26,30)(H,27,32);2-15H2,1H3,(H2,17,18)/t26-,31-,32-,33-,34+,35-;12-,13?,15-,16-,17-,21-;/m00./s1. The minimum atomic E-state index is -3.61. The largest absolute Gasteiger partial charge is 0.396 e. The second-order valence-electron chi connectivity index (χ2n) is 29.7. The fourth-order valence-corrected chi connectivity index (χ4v) is 13.2. The Labute approximate surface area is 676 Å². The van der Waals surface area contributed by atoms with E-state index in [0.717, 1.165) is 36.4 Å². The van der Waals surface area contributed by atoms with Gasteiger partial charge in [0, 0.05) is 93.4 Å². The predicted molar refractivity (Wildman–Crippen MR) is 441 cm³/mol. The lowest BCUT2D eigenvalue weighted by molar-refractivity contribution is -0.135. The van der Waals surface area contributed by atoms with Crippen LogP contribution in [-0.4, -0.2) is 209 Å². The van der Waals surface area contributed by atoms with Gasteiger partial charge in [-0.25, -0.2) is 13.4 Å². The second kappa shape index (κ2) is 55.8. The van der Waals surface area contributed by atoms with E-state index in [4.69, 9.17) is 22.9 Å². The number of nitrogens with zero attached hydrogens (tertiary/aromatic N) is 2. The van der Waals surface area contributed by atoms with Gasteiger partial charge >= 0.3 is 0 Å². The molecule has 644 valence electrons. The number of aliphatic hydroxyl groups is 3. The van der Waals surface area contributed by atoms with E-state index >= 15 is 0 Å². The summed E-state index contributed by atoms with van der Waals surface area (Å²) in [5.41, 5.74) is 24.5. The number of H-pyrrole nitrogens is 2. The van der Waals surface area contributed by atoms with Crippen molar-refractivity contribution in [2.24, 2.45) is 39.8 Å². The van der Waals surface area contributed by atoms with Gasteiger partial charge < -0.3 is 96.1 Å². The number of hydrogen-bond donors (Lipinski definition) is 19. The van der Waals surface area contributed by atoms with Crippen LogP contribution in [0.4, 0.5) is 0 Å². The minimum absolute atomic E-state index is 0.0346. The molecular weight excluding hydrogens is 1500 g/mol. The first-order valence-electron chi connectivity index (χ1n) is 40.5.